The molecule has 6 heteroatoms. The normalized spacial score (nSPS) is 21.8. The Labute approximate surface area is 171 Å². The molecule has 0 bridgehead atoms. The molecule has 2 aromatic rings. The minimum atomic E-state index is -0.971. The molecule has 2 aliphatic rings. The van der Waals surface area contributed by atoms with Crippen molar-refractivity contribution in [2.24, 2.45) is 0 Å². The lowest BCUT2D eigenvalue weighted by molar-refractivity contribution is -0.147. The van der Waals surface area contributed by atoms with Crippen LogP contribution in [0.2, 0.25) is 0 Å². The van der Waals surface area contributed by atoms with E-state index in [0.29, 0.717) is 13.0 Å². The molecule has 0 aliphatic carbocycles. The lowest BCUT2D eigenvalue weighted by Crippen LogP contribution is -2.52. The Morgan fingerprint density at radius 3 is 2.55 bits per heavy atom. The highest BCUT2D eigenvalue weighted by Crippen LogP contribution is 2.47. The van der Waals surface area contributed by atoms with Gasteiger partial charge in [-0.15, -0.1) is 0 Å². The second-order valence-corrected chi connectivity index (χ2v) is 7.74. The quantitative estimate of drug-likeness (QED) is 0.705. The zero-order chi connectivity index (χ0) is 20.3. The first-order valence-corrected chi connectivity index (χ1v) is 10.4. The van der Waals surface area contributed by atoms with E-state index in [1.807, 2.05) is 41.4 Å². The van der Waals surface area contributed by atoms with Gasteiger partial charge in [0.2, 0.25) is 0 Å². The number of amides is 1. The Balaban J connectivity index is 1.80. The predicted molar refractivity (Wildman–Crippen MR) is 110 cm³/mol. The summed E-state index contributed by atoms with van der Waals surface area (Å²) in [6.07, 6.45) is 7.24. The van der Waals surface area contributed by atoms with Gasteiger partial charge in [0, 0.05) is 25.5 Å². The second-order valence-electron chi connectivity index (χ2n) is 7.74. The SMILES string of the molecule is CCOC(=O)CC1(Cc2ccncc2)C(=O)N(N2CCCCC2)c2ccccc21. The van der Waals surface area contributed by atoms with Gasteiger partial charge in [0.25, 0.3) is 5.91 Å². The maximum atomic E-state index is 14.0. The van der Waals surface area contributed by atoms with Crippen LogP contribution in [-0.2, 0) is 26.2 Å². The molecule has 1 unspecified atom stereocenters. The standard InChI is InChI=1S/C23H27N3O3/c1-2-29-21(27)17-23(16-18-10-12-24-13-11-18)19-8-4-5-9-20(19)26(22(23)28)25-14-6-3-7-15-25/h4-5,8-13H,2-3,6-7,14-17H2,1H3. The number of hydrogen-bond donors (Lipinski definition) is 0. The van der Waals surface area contributed by atoms with E-state index in [9.17, 15) is 9.59 Å². The number of esters is 1. The molecule has 1 amide bonds. The molecule has 1 atom stereocenters. The first-order valence-electron chi connectivity index (χ1n) is 10.4. The second kappa shape index (κ2) is 8.33. The number of para-hydroxylation sites is 1. The van der Waals surface area contributed by atoms with Crippen LogP contribution in [0.15, 0.2) is 48.8 Å². The lowest BCUT2D eigenvalue weighted by atomic mass is 9.74. The summed E-state index contributed by atoms with van der Waals surface area (Å²) >= 11 is 0. The lowest BCUT2D eigenvalue weighted by Gasteiger charge is -2.36. The van der Waals surface area contributed by atoms with Crippen LogP contribution in [0, 0.1) is 0 Å². The van der Waals surface area contributed by atoms with Crippen LogP contribution in [0.3, 0.4) is 0 Å². The van der Waals surface area contributed by atoms with Crippen molar-refractivity contribution in [1.29, 1.82) is 0 Å². The molecule has 0 N–H and O–H groups in total. The number of ether oxygens (including phenoxy) is 1. The minimum Gasteiger partial charge on any atom is -0.466 e. The van der Waals surface area contributed by atoms with Crippen molar-refractivity contribution in [3.63, 3.8) is 0 Å². The average Bonchev–Trinajstić information content (AvgIpc) is 2.98. The Bertz CT molecular complexity index is 880. The molecule has 1 aromatic carbocycles. The van der Waals surface area contributed by atoms with Crippen LogP contribution in [0.5, 0.6) is 0 Å². The van der Waals surface area contributed by atoms with Gasteiger partial charge in [-0.3, -0.25) is 14.6 Å². The largest absolute Gasteiger partial charge is 0.466 e. The van der Waals surface area contributed by atoms with Crippen molar-refractivity contribution in [3.8, 4) is 0 Å². The van der Waals surface area contributed by atoms with E-state index < -0.39 is 5.41 Å². The van der Waals surface area contributed by atoms with Crippen LogP contribution in [0.4, 0.5) is 5.69 Å². The van der Waals surface area contributed by atoms with Gasteiger partial charge in [0.15, 0.2) is 0 Å². The first-order chi connectivity index (χ1) is 14.2. The Morgan fingerprint density at radius 2 is 1.83 bits per heavy atom. The van der Waals surface area contributed by atoms with E-state index in [4.69, 9.17) is 4.74 Å². The van der Waals surface area contributed by atoms with Gasteiger partial charge in [0.05, 0.1) is 24.1 Å². The molecule has 29 heavy (non-hydrogen) atoms. The number of nitrogens with zero attached hydrogens (tertiary/aromatic N) is 3. The van der Waals surface area contributed by atoms with Gasteiger partial charge in [-0.2, -0.15) is 0 Å². The number of fused-ring (bicyclic) bond motifs is 1. The summed E-state index contributed by atoms with van der Waals surface area (Å²) in [5.74, 6) is -0.379. The van der Waals surface area contributed by atoms with Gasteiger partial charge < -0.3 is 4.74 Å². The van der Waals surface area contributed by atoms with Crippen LogP contribution in [-0.4, -0.2) is 41.6 Å². The monoisotopic (exact) mass is 393 g/mol. The number of hydrogen-bond acceptors (Lipinski definition) is 5. The summed E-state index contributed by atoms with van der Waals surface area (Å²) in [7, 11) is 0. The molecule has 0 saturated carbocycles. The average molecular weight is 393 g/mol. The van der Waals surface area contributed by atoms with Gasteiger partial charge >= 0.3 is 5.97 Å². The minimum absolute atomic E-state index is 0.0311. The van der Waals surface area contributed by atoms with Crippen molar-refractivity contribution in [3.05, 3.63) is 59.9 Å². The number of carbonyl (C=O) groups is 2. The summed E-state index contributed by atoms with van der Waals surface area (Å²) in [4.78, 5) is 30.7. The van der Waals surface area contributed by atoms with Crippen LogP contribution in [0.1, 0.15) is 43.7 Å². The van der Waals surface area contributed by atoms with E-state index >= 15 is 0 Å². The highest BCUT2D eigenvalue weighted by atomic mass is 16.5. The fourth-order valence-electron chi connectivity index (χ4n) is 4.56. The third-order valence-electron chi connectivity index (χ3n) is 5.87. The molecule has 3 heterocycles. The topological polar surface area (TPSA) is 62.7 Å². The van der Waals surface area contributed by atoms with Crippen molar-refractivity contribution in [2.75, 3.05) is 24.7 Å². The molecular weight excluding hydrogens is 366 g/mol. The highest BCUT2D eigenvalue weighted by Gasteiger charge is 2.53. The molecular formula is C23H27N3O3. The number of hydrazine groups is 1. The predicted octanol–water partition coefficient (Wildman–Crippen LogP) is 3.26. The summed E-state index contributed by atoms with van der Waals surface area (Å²) < 4.78 is 5.28. The molecule has 4 rings (SSSR count). The number of pyridine rings is 1. The van der Waals surface area contributed by atoms with E-state index in [1.54, 1.807) is 19.3 Å². The summed E-state index contributed by atoms with van der Waals surface area (Å²) in [5.41, 5.74) is 1.80. The Hall–Kier alpha value is -2.73. The molecule has 6 nitrogen and oxygen atoms in total. The first kappa shape index (κ1) is 19.6. The third kappa shape index (κ3) is 3.65. The Morgan fingerprint density at radius 1 is 1.10 bits per heavy atom. The van der Waals surface area contributed by atoms with E-state index in [0.717, 1.165) is 42.7 Å². The Kier molecular flexibility index (Phi) is 5.62. The number of rotatable bonds is 6. The number of anilines is 1. The maximum Gasteiger partial charge on any atom is 0.307 e. The molecule has 1 saturated heterocycles. The zero-order valence-electron chi connectivity index (χ0n) is 16.8. The molecule has 0 spiro atoms. The van der Waals surface area contributed by atoms with Crippen molar-refractivity contribution in [2.45, 2.75) is 44.4 Å². The summed E-state index contributed by atoms with van der Waals surface area (Å²) in [6, 6.07) is 11.7. The highest BCUT2D eigenvalue weighted by molar-refractivity contribution is 6.09. The number of piperidine rings is 1. The summed E-state index contributed by atoms with van der Waals surface area (Å²) in [6.45, 7) is 3.80. The number of benzene rings is 1. The number of aromatic nitrogens is 1. The third-order valence-corrected chi connectivity index (χ3v) is 5.87. The molecule has 1 aromatic heterocycles. The van der Waals surface area contributed by atoms with Gasteiger partial charge in [-0.05, 0) is 55.5 Å². The van der Waals surface area contributed by atoms with Crippen LogP contribution >= 0.6 is 0 Å². The maximum absolute atomic E-state index is 14.0. The van der Waals surface area contributed by atoms with Crippen LogP contribution < -0.4 is 5.01 Å². The van der Waals surface area contributed by atoms with Gasteiger partial charge in [-0.25, -0.2) is 10.0 Å². The van der Waals surface area contributed by atoms with Gasteiger partial charge in [0.1, 0.15) is 0 Å². The van der Waals surface area contributed by atoms with Crippen molar-refractivity contribution in [1.82, 2.24) is 9.99 Å². The van der Waals surface area contributed by atoms with E-state index in [2.05, 4.69) is 9.99 Å². The fraction of sp³-hybridized carbons (Fsp3) is 0.435. The number of carbonyl (C=O) groups excluding carboxylic acids is 2. The molecule has 1 fully saturated rings. The zero-order valence-corrected chi connectivity index (χ0v) is 16.8. The smallest absolute Gasteiger partial charge is 0.307 e. The van der Waals surface area contributed by atoms with Crippen LogP contribution in [0.25, 0.3) is 0 Å². The van der Waals surface area contributed by atoms with Crippen molar-refractivity contribution < 1.29 is 14.3 Å². The summed E-state index contributed by atoms with van der Waals surface area (Å²) in [5, 5.41) is 3.97. The van der Waals surface area contributed by atoms with Crippen molar-refractivity contribution >= 4 is 17.6 Å². The van der Waals surface area contributed by atoms with E-state index in [-0.39, 0.29) is 18.3 Å². The molecule has 0 radical (unpaired) electrons. The molecule has 2 aliphatic heterocycles. The fourth-order valence-corrected chi connectivity index (χ4v) is 4.56. The molecule has 152 valence electrons. The van der Waals surface area contributed by atoms with E-state index in [1.165, 1.54) is 6.42 Å². The van der Waals surface area contributed by atoms with Gasteiger partial charge in [-0.1, -0.05) is 24.6 Å².